The molecule has 0 bridgehead atoms. The summed E-state index contributed by atoms with van der Waals surface area (Å²) in [4.78, 5) is 23.5. The zero-order valence-corrected chi connectivity index (χ0v) is 11.8. The number of anilines is 1. The third kappa shape index (κ3) is 3.82. The summed E-state index contributed by atoms with van der Waals surface area (Å²) in [6.45, 7) is 4.20. The van der Waals surface area contributed by atoms with Crippen molar-refractivity contribution in [3.63, 3.8) is 0 Å². The van der Waals surface area contributed by atoms with Crippen molar-refractivity contribution >= 4 is 28.9 Å². The van der Waals surface area contributed by atoms with Crippen molar-refractivity contribution in [1.29, 1.82) is 0 Å². The predicted molar refractivity (Wildman–Crippen MR) is 74.5 cm³/mol. The molecule has 6 nitrogen and oxygen atoms in total. The molecule has 0 heterocycles. The number of hydrogen-bond acceptors (Lipinski definition) is 4. The minimum atomic E-state index is -0.519. The van der Waals surface area contributed by atoms with Gasteiger partial charge < -0.3 is 10.2 Å². The lowest BCUT2D eigenvalue weighted by Crippen LogP contribution is -2.38. The van der Waals surface area contributed by atoms with E-state index in [0.29, 0.717) is 12.2 Å². The number of hydrogen-bond donors (Lipinski definition) is 1. The van der Waals surface area contributed by atoms with Crippen LogP contribution in [0.2, 0.25) is 5.02 Å². The minimum absolute atomic E-state index is 0.0723. The van der Waals surface area contributed by atoms with E-state index in [1.54, 1.807) is 18.9 Å². The number of benzene rings is 1. The second kappa shape index (κ2) is 6.38. The number of non-ortho nitro benzene ring substituents is 1. The van der Waals surface area contributed by atoms with Crippen molar-refractivity contribution in [2.24, 2.45) is 0 Å². The van der Waals surface area contributed by atoms with E-state index in [9.17, 15) is 14.9 Å². The van der Waals surface area contributed by atoms with Gasteiger partial charge in [0.15, 0.2) is 0 Å². The Morgan fingerprint density at radius 3 is 2.68 bits per heavy atom. The van der Waals surface area contributed by atoms with E-state index in [1.807, 2.05) is 6.92 Å². The van der Waals surface area contributed by atoms with Gasteiger partial charge in [-0.05, 0) is 19.9 Å². The van der Waals surface area contributed by atoms with E-state index < -0.39 is 11.0 Å². The second-order valence-corrected chi connectivity index (χ2v) is 4.55. The third-order valence-corrected chi connectivity index (χ3v) is 3.07. The maximum atomic E-state index is 11.9. The van der Waals surface area contributed by atoms with Gasteiger partial charge in [-0.1, -0.05) is 11.6 Å². The summed E-state index contributed by atoms with van der Waals surface area (Å²) in [5.41, 5.74) is 0.415. The van der Waals surface area contributed by atoms with Crippen LogP contribution in [0.25, 0.3) is 0 Å². The van der Waals surface area contributed by atoms with E-state index in [-0.39, 0.29) is 16.6 Å². The zero-order chi connectivity index (χ0) is 14.6. The summed E-state index contributed by atoms with van der Waals surface area (Å²) in [5, 5.41) is 13.8. The largest absolute Gasteiger partial charge is 0.373 e. The maximum Gasteiger partial charge on any atom is 0.271 e. The molecule has 19 heavy (non-hydrogen) atoms. The lowest BCUT2D eigenvalue weighted by molar-refractivity contribution is -0.384. The molecule has 1 atom stereocenters. The van der Waals surface area contributed by atoms with Gasteiger partial charge in [0.05, 0.1) is 15.6 Å². The zero-order valence-electron chi connectivity index (χ0n) is 11.0. The van der Waals surface area contributed by atoms with Crippen molar-refractivity contribution in [3.8, 4) is 0 Å². The summed E-state index contributed by atoms with van der Waals surface area (Å²) in [6, 6.07) is 3.64. The molecular formula is C12H16ClN3O3. The van der Waals surface area contributed by atoms with E-state index >= 15 is 0 Å². The summed E-state index contributed by atoms with van der Waals surface area (Å²) in [6.07, 6.45) is 0. The molecule has 1 amide bonds. The number of nitro benzene ring substituents is 1. The highest BCUT2D eigenvalue weighted by Crippen LogP contribution is 2.27. The molecule has 104 valence electrons. The first kappa shape index (κ1) is 15.2. The SMILES string of the molecule is CCN(C)C(=O)C(C)Nc1ccc([N+](=O)[O-])cc1Cl. The van der Waals surface area contributed by atoms with Crippen LogP contribution in [0.3, 0.4) is 0 Å². The Kier molecular flexibility index (Phi) is 5.11. The number of nitro groups is 1. The molecule has 0 radical (unpaired) electrons. The molecule has 0 aliphatic rings. The first-order valence-corrected chi connectivity index (χ1v) is 6.20. The van der Waals surface area contributed by atoms with Gasteiger partial charge in [0.1, 0.15) is 6.04 Å². The lowest BCUT2D eigenvalue weighted by Gasteiger charge is -2.21. The number of likely N-dealkylation sites (N-methyl/N-ethyl adjacent to an activating group) is 1. The molecule has 0 spiro atoms. The molecule has 1 unspecified atom stereocenters. The molecular weight excluding hydrogens is 270 g/mol. The average molecular weight is 286 g/mol. The van der Waals surface area contributed by atoms with Crippen LogP contribution in [0, 0.1) is 10.1 Å². The van der Waals surface area contributed by atoms with Crippen molar-refractivity contribution in [3.05, 3.63) is 33.3 Å². The Balaban J connectivity index is 2.83. The standard InChI is InChI=1S/C12H16ClN3O3/c1-4-15(3)12(17)8(2)14-11-6-5-9(16(18)19)7-10(11)13/h5-8,14H,4H2,1-3H3. The normalized spacial score (nSPS) is 11.8. The highest BCUT2D eigenvalue weighted by Gasteiger charge is 2.18. The number of rotatable bonds is 5. The van der Waals surface area contributed by atoms with E-state index in [4.69, 9.17) is 11.6 Å². The molecule has 1 aromatic carbocycles. The fourth-order valence-corrected chi connectivity index (χ4v) is 1.75. The van der Waals surface area contributed by atoms with Gasteiger partial charge in [-0.2, -0.15) is 0 Å². The van der Waals surface area contributed by atoms with Crippen LogP contribution in [0.1, 0.15) is 13.8 Å². The summed E-state index contributed by atoms with van der Waals surface area (Å²) >= 11 is 5.94. The fraction of sp³-hybridized carbons (Fsp3) is 0.417. The molecule has 7 heteroatoms. The predicted octanol–water partition coefficient (Wildman–Crippen LogP) is 2.53. The molecule has 0 saturated heterocycles. The molecule has 1 aromatic rings. The lowest BCUT2D eigenvalue weighted by atomic mass is 10.2. The van der Waals surface area contributed by atoms with E-state index in [0.717, 1.165) is 0 Å². The van der Waals surface area contributed by atoms with Crippen LogP contribution in [0.5, 0.6) is 0 Å². The summed E-state index contributed by atoms with van der Waals surface area (Å²) in [7, 11) is 1.71. The number of nitrogens with zero attached hydrogens (tertiary/aromatic N) is 2. The van der Waals surface area contributed by atoms with Crippen LogP contribution < -0.4 is 5.32 Å². The number of halogens is 1. The molecule has 1 N–H and O–H groups in total. The van der Waals surface area contributed by atoms with Gasteiger partial charge in [0, 0.05) is 25.7 Å². The number of carbonyl (C=O) groups is 1. The number of amides is 1. The molecule has 0 aliphatic heterocycles. The van der Waals surface area contributed by atoms with Crippen molar-refractivity contribution in [2.45, 2.75) is 19.9 Å². The van der Waals surface area contributed by atoms with E-state index in [2.05, 4.69) is 5.32 Å². The van der Waals surface area contributed by atoms with Gasteiger partial charge in [0.2, 0.25) is 5.91 Å². The van der Waals surface area contributed by atoms with Crippen molar-refractivity contribution in [1.82, 2.24) is 4.90 Å². The summed E-state index contributed by atoms with van der Waals surface area (Å²) in [5.74, 6) is -0.0723. The highest BCUT2D eigenvalue weighted by molar-refractivity contribution is 6.33. The molecule has 1 rings (SSSR count). The van der Waals surface area contributed by atoms with Gasteiger partial charge >= 0.3 is 0 Å². The maximum absolute atomic E-state index is 11.9. The second-order valence-electron chi connectivity index (χ2n) is 4.14. The first-order valence-electron chi connectivity index (χ1n) is 5.82. The Morgan fingerprint density at radius 2 is 2.21 bits per heavy atom. The molecule has 0 aliphatic carbocycles. The highest BCUT2D eigenvalue weighted by atomic mass is 35.5. The van der Waals surface area contributed by atoms with Crippen molar-refractivity contribution < 1.29 is 9.72 Å². The Morgan fingerprint density at radius 1 is 1.58 bits per heavy atom. The molecule has 0 fully saturated rings. The first-order chi connectivity index (χ1) is 8.86. The quantitative estimate of drug-likeness (QED) is 0.666. The average Bonchev–Trinajstić information content (AvgIpc) is 2.38. The monoisotopic (exact) mass is 285 g/mol. The van der Waals surface area contributed by atoms with Gasteiger partial charge in [0.25, 0.3) is 5.69 Å². The van der Waals surface area contributed by atoms with Gasteiger partial charge in [-0.3, -0.25) is 14.9 Å². The van der Waals surface area contributed by atoms with Crippen LogP contribution >= 0.6 is 11.6 Å². The number of carbonyl (C=O) groups excluding carboxylic acids is 1. The Hall–Kier alpha value is -1.82. The smallest absolute Gasteiger partial charge is 0.271 e. The van der Waals surface area contributed by atoms with Crippen molar-refractivity contribution in [2.75, 3.05) is 18.9 Å². The van der Waals surface area contributed by atoms with Crippen LogP contribution in [0.15, 0.2) is 18.2 Å². The topological polar surface area (TPSA) is 75.5 Å². The van der Waals surface area contributed by atoms with Crippen LogP contribution in [0.4, 0.5) is 11.4 Å². The number of nitrogens with one attached hydrogen (secondary N) is 1. The van der Waals surface area contributed by atoms with Gasteiger partial charge in [-0.25, -0.2) is 0 Å². The third-order valence-electron chi connectivity index (χ3n) is 2.76. The van der Waals surface area contributed by atoms with Gasteiger partial charge in [-0.15, -0.1) is 0 Å². The van der Waals surface area contributed by atoms with E-state index in [1.165, 1.54) is 18.2 Å². The summed E-state index contributed by atoms with van der Waals surface area (Å²) < 4.78 is 0. The molecule has 0 saturated carbocycles. The van der Waals surface area contributed by atoms with Crippen LogP contribution in [-0.4, -0.2) is 35.4 Å². The fourth-order valence-electron chi connectivity index (χ4n) is 1.52. The van der Waals surface area contributed by atoms with Crippen LogP contribution in [-0.2, 0) is 4.79 Å². The Labute approximate surface area is 116 Å². The molecule has 0 aromatic heterocycles. The Bertz CT molecular complexity index is 493. The minimum Gasteiger partial charge on any atom is -0.373 e.